The number of ether oxygens (including phenoxy) is 2. The first-order chi connectivity index (χ1) is 20.2. The number of hydrogen-bond acceptors (Lipinski definition) is 5. The molecule has 1 aliphatic heterocycles. The lowest BCUT2D eigenvalue weighted by Crippen LogP contribution is -2.59. The van der Waals surface area contributed by atoms with Crippen LogP contribution in [0, 0.1) is 24.2 Å². The van der Waals surface area contributed by atoms with Crippen LogP contribution in [-0.2, 0) is 27.4 Å². The maximum Gasteiger partial charge on any atom is 0.260 e. The number of benzene rings is 1. The van der Waals surface area contributed by atoms with Gasteiger partial charge in [-0.3, -0.25) is 4.79 Å². The zero-order chi connectivity index (χ0) is 30.9. The number of carbonyl (C=O) groups is 1. The van der Waals surface area contributed by atoms with Crippen molar-refractivity contribution in [3.05, 3.63) is 29.0 Å². The van der Waals surface area contributed by atoms with Gasteiger partial charge in [0.1, 0.15) is 12.4 Å². The van der Waals surface area contributed by atoms with E-state index in [4.69, 9.17) is 19.6 Å². The summed E-state index contributed by atoms with van der Waals surface area (Å²) in [4.78, 5) is 23.4. The van der Waals surface area contributed by atoms with E-state index < -0.39 is 25.3 Å². The van der Waals surface area contributed by atoms with E-state index in [0.717, 1.165) is 41.3 Å². The molecule has 4 aliphatic rings. The van der Waals surface area contributed by atoms with Crippen molar-refractivity contribution in [3.63, 3.8) is 0 Å². The van der Waals surface area contributed by atoms with Crippen molar-refractivity contribution in [2.45, 2.75) is 90.7 Å². The average Bonchev–Trinajstić information content (AvgIpc) is 3.54. The molecule has 1 N–H and O–H groups in total. The van der Waals surface area contributed by atoms with Crippen LogP contribution in [0.15, 0.2) is 12.1 Å². The largest absolute Gasteiger partial charge is 0.381 e. The van der Waals surface area contributed by atoms with E-state index in [1.54, 1.807) is 16.5 Å². The topological polar surface area (TPSA) is 85.3 Å². The molecular weight excluding hydrogens is 568 g/mol. The molecule has 2 fully saturated rings. The normalized spacial score (nSPS) is 24.1. The molecule has 11 heteroatoms. The third-order valence-electron chi connectivity index (χ3n) is 10.2. The van der Waals surface area contributed by atoms with Crippen LogP contribution in [0.3, 0.4) is 0 Å². The number of aromatic amines is 1. The lowest BCUT2D eigenvalue weighted by molar-refractivity contribution is -0.221. The molecule has 7 rings (SSSR count). The molecule has 1 amide bonds. The third-order valence-corrected chi connectivity index (χ3v) is 11.9. The minimum absolute atomic E-state index is 0.0753. The van der Waals surface area contributed by atoms with Crippen molar-refractivity contribution in [2.24, 2.45) is 17.3 Å². The Morgan fingerprint density at radius 2 is 2.00 bits per heavy atom. The van der Waals surface area contributed by atoms with Gasteiger partial charge < -0.3 is 19.4 Å². The number of halogens is 2. The monoisotopic (exact) mass is 613 g/mol. The van der Waals surface area contributed by atoms with Crippen LogP contribution in [0.5, 0.6) is 0 Å². The molecule has 3 heterocycles. The predicted octanol–water partition coefficient (Wildman–Crippen LogP) is 6.76. The number of rotatable bonds is 9. The van der Waals surface area contributed by atoms with Crippen LogP contribution in [-0.4, -0.2) is 66.5 Å². The Hall–Kier alpha value is -2.63. The molecule has 3 aromatic rings. The standard InChI is InChI=1S/C32H45F2N5O3Si/c1-19-14-23-24(15-25(19)38(4)30(40)20(2)21-8-10-41-11-9-21)36-29(35-23)28-27-22-16-31(3,32(22,33)34)17-26(27)39(37-28)18-42-12-13-43(5,6)7/h14-15,20-22H,8-13,16-18H2,1-7H3,(H,35,36)/t20-,22-,31+/m1/s1. The summed E-state index contributed by atoms with van der Waals surface area (Å²) < 4.78 is 44.1. The molecule has 1 aromatic carbocycles. The number of nitrogens with zero attached hydrogens (tertiary/aromatic N) is 4. The molecule has 2 aromatic heterocycles. The summed E-state index contributed by atoms with van der Waals surface area (Å²) in [6, 6.07) is 4.91. The minimum Gasteiger partial charge on any atom is -0.381 e. The summed E-state index contributed by atoms with van der Waals surface area (Å²) in [6.07, 6.45) is 2.48. The number of fused-ring (bicyclic) bond motifs is 1. The number of H-pyrrole nitrogens is 1. The van der Waals surface area contributed by atoms with Gasteiger partial charge in [0.2, 0.25) is 5.91 Å². The van der Waals surface area contributed by atoms with E-state index >= 15 is 8.78 Å². The van der Waals surface area contributed by atoms with Gasteiger partial charge in [0.05, 0.1) is 17.0 Å². The Balaban J connectivity index is 1.32. The molecule has 0 unspecified atom stereocenters. The Morgan fingerprint density at radius 3 is 2.67 bits per heavy atom. The molecule has 3 atom stereocenters. The summed E-state index contributed by atoms with van der Waals surface area (Å²) in [5, 5.41) is 4.85. The van der Waals surface area contributed by atoms with Crippen LogP contribution in [0.1, 0.15) is 55.8 Å². The molecule has 1 saturated heterocycles. The number of amides is 1. The minimum atomic E-state index is -2.79. The molecule has 234 valence electrons. The average molecular weight is 614 g/mol. The zero-order valence-electron chi connectivity index (χ0n) is 26.5. The van der Waals surface area contributed by atoms with E-state index in [0.29, 0.717) is 54.8 Å². The first kappa shape index (κ1) is 30.4. The van der Waals surface area contributed by atoms with Gasteiger partial charge in [-0.2, -0.15) is 5.10 Å². The first-order valence-electron chi connectivity index (χ1n) is 15.6. The number of aryl methyl sites for hydroxylation is 1. The number of imidazole rings is 1. The highest BCUT2D eigenvalue weighted by molar-refractivity contribution is 6.76. The van der Waals surface area contributed by atoms with E-state index in [1.165, 1.54) is 0 Å². The van der Waals surface area contributed by atoms with Gasteiger partial charge in [0.15, 0.2) is 5.82 Å². The molecule has 8 nitrogen and oxygen atoms in total. The number of anilines is 1. The highest BCUT2D eigenvalue weighted by Gasteiger charge is 2.70. The third kappa shape index (κ3) is 5.25. The molecule has 3 aliphatic carbocycles. The highest BCUT2D eigenvalue weighted by Crippen LogP contribution is 2.68. The molecule has 0 spiro atoms. The summed E-state index contributed by atoms with van der Waals surface area (Å²) in [5.41, 5.74) is 4.02. The zero-order valence-corrected chi connectivity index (χ0v) is 27.5. The fourth-order valence-corrected chi connectivity index (χ4v) is 7.94. The fraction of sp³-hybridized carbons (Fsp3) is 0.656. The van der Waals surface area contributed by atoms with Crippen molar-refractivity contribution >= 4 is 30.7 Å². The van der Waals surface area contributed by atoms with Crippen LogP contribution in [0.4, 0.5) is 14.5 Å². The van der Waals surface area contributed by atoms with Gasteiger partial charge in [0, 0.05) is 69.6 Å². The second-order valence-electron chi connectivity index (χ2n) is 14.6. The van der Waals surface area contributed by atoms with E-state index in [9.17, 15) is 4.79 Å². The second-order valence-corrected chi connectivity index (χ2v) is 20.2. The van der Waals surface area contributed by atoms with Gasteiger partial charge in [0.25, 0.3) is 5.92 Å². The van der Waals surface area contributed by atoms with Gasteiger partial charge in [-0.05, 0) is 55.8 Å². The van der Waals surface area contributed by atoms with Crippen LogP contribution >= 0.6 is 0 Å². The maximum absolute atomic E-state index is 15.4. The molecule has 43 heavy (non-hydrogen) atoms. The van der Waals surface area contributed by atoms with Crippen LogP contribution < -0.4 is 4.90 Å². The summed E-state index contributed by atoms with van der Waals surface area (Å²) >= 11 is 0. The van der Waals surface area contributed by atoms with Crippen molar-refractivity contribution in [2.75, 3.05) is 31.8 Å². The van der Waals surface area contributed by atoms with Crippen molar-refractivity contribution in [1.82, 2.24) is 19.7 Å². The smallest absolute Gasteiger partial charge is 0.260 e. The lowest BCUT2D eigenvalue weighted by Gasteiger charge is -2.56. The van der Waals surface area contributed by atoms with Gasteiger partial charge in [-0.15, -0.1) is 0 Å². The van der Waals surface area contributed by atoms with E-state index in [2.05, 4.69) is 24.6 Å². The van der Waals surface area contributed by atoms with E-state index in [-0.39, 0.29) is 25.0 Å². The summed E-state index contributed by atoms with van der Waals surface area (Å²) in [5.74, 6) is -2.93. The van der Waals surface area contributed by atoms with Gasteiger partial charge in [-0.25, -0.2) is 18.4 Å². The lowest BCUT2D eigenvalue weighted by atomic mass is 9.51. The van der Waals surface area contributed by atoms with Crippen molar-refractivity contribution in [3.8, 4) is 11.5 Å². The quantitative estimate of drug-likeness (QED) is 0.213. The van der Waals surface area contributed by atoms with Crippen LogP contribution in [0.25, 0.3) is 22.6 Å². The Labute approximate surface area is 253 Å². The number of aromatic nitrogens is 4. The Kier molecular flexibility index (Phi) is 7.61. The number of nitrogens with one attached hydrogen (secondary N) is 1. The van der Waals surface area contributed by atoms with E-state index in [1.807, 2.05) is 33.0 Å². The summed E-state index contributed by atoms with van der Waals surface area (Å²) in [7, 11) is 0.555. The Morgan fingerprint density at radius 1 is 1.28 bits per heavy atom. The fourth-order valence-electron chi connectivity index (χ4n) is 7.19. The maximum atomic E-state index is 15.4. The summed E-state index contributed by atoms with van der Waals surface area (Å²) in [6.45, 7) is 14.8. The van der Waals surface area contributed by atoms with Gasteiger partial charge >= 0.3 is 0 Å². The second kappa shape index (κ2) is 10.8. The SMILES string of the molecule is Cc1cc2nc(-c3nn(COCC[Si](C)(C)C)c4c3[C@H]3C[C@@](C)(C4)C3(F)F)[nH]c2cc1N(C)C(=O)[C@H](C)C1CCOCC1. The predicted molar refractivity (Wildman–Crippen MR) is 166 cm³/mol. The first-order valence-corrected chi connectivity index (χ1v) is 19.3. The molecule has 0 radical (unpaired) electrons. The van der Waals surface area contributed by atoms with Crippen LogP contribution in [0.2, 0.25) is 25.7 Å². The molecule has 1 saturated carbocycles. The highest BCUT2D eigenvalue weighted by atomic mass is 28.3. The number of alkyl halides is 2. The molecular formula is C32H45F2N5O3Si. The number of hydrogen-bond donors (Lipinski definition) is 1. The van der Waals surface area contributed by atoms with Crippen molar-refractivity contribution in [1.29, 1.82) is 0 Å². The Bertz CT molecular complexity index is 1540. The number of carbonyl (C=O) groups excluding carboxylic acids is 1. The van der Waals surface area contributed by atoms with Crippen molar-refractivity contribution < 1.29 is 23.0 Å². The van der Waals surface area contributed by atoms with Gasteiger partial charge in [-0.1, -0.05) is 33.5 Å². The molecule has 2 bridgehead atoms.